The van der Waals surface area contributed by atoms with Gasteiger partial charge in [0, 0.05) is 23.3 Å². The number of ketones is 1. The number of Topliss-reactive ketones (excluding diaryl/α,β-unsaturated/α-hetero) is 1. The molecule has 0 unspecified atom stereocenters. The number of hydrogen-bond acceptors (Lipinski definition) is 9. The lowest BCUT2D eigenvalue weighted by atomic mass is 9.78. The first kappa shape index (κ1) is 30.3. The molecule has 0 bridgehead atoms. The van der Waals surface area contributed by atoms with E-state index in [0.29, 0.717) is 11.4 Å². The van der Waals surface area contributed by atoms with Crippen LogP contribution in [0.25, 0.3) is 0 Å². The summed E-state index contributed by atoms with van der Waals surface area (Å²) in [5, 5.41) is 12.6. The highest BCUT2D eigenvalue weighted by molar-refractivity contribution is 7.87. The van der Waals surface area contributed by atoms with Crippen LogP contribution >= 0.6 is 0 Å². The van der Waals surface area contributed by atoms with Crippen LogP contribution in [0.1, 0.15) is 39.6 Å². The van der Waals surface area contributed by atoms with Crippen molar-refractivity contribution < 1.29 is 36.7 Å². The number of nitro benzene ring substituents is 1. The number of amides is 3. The summed E-state index contributed by atoms with van der Waals surface area (Å²) < 4.78 is 30.5. The predicted octanol–water partition coefficient (Wildman–Crippen LogP) is 4.11. The van der Waals surface area contributed by atoms with E-state index in [1.165, 1.54) is 48.5 Å². The van der Waals surface area contributed by atoms with Crippen LogP contribution in [0.2, 0.25) is 0 Å². The first-order valence-corrected chi connectivity index (χ1v) is 15.0. The quantitative estimate of drug-likeness (QED) is 0.0859. The molecular weight excluding hydrogens is 590 g/mol. The minimum absolute atomic E-state index is 0.0475. The zero-order valence-corrected chi connectivity index (χ0v) is 24.5. The monoisotopic (exact) mass is 617 g/mol. The number of aryl methyl sites for hydroxylation is 1. The number of imide groups is 1. The first-order valence-electron chi connectivity index (χ1n) is 13.6. The smallest absolute Gasteiger partial charge is 0.339 e. The van der Waals surface area contributed by atoms with Crippen LogP contribution in [0.15, 0.2) is 89.8 Å². The van der Waals surface area contributed by atoms with Crippen molar-refractivity contribution in [2.75, 3.05) is 6.54 Å². The molecule has 12 nitrogen and oxygen atoms in total. The zero-order valence-electron chi connectivity index (χ0n) is 23.7. The molecule has 1 heterocycles. The fraction of sp³-hybridized carbons (Fsp3) is 0.226. The number of non-ortho nitro benzene ring substituents is 1. The topological polar surface area (TPSA) is 161 Å². The lowest BCUT2D eigenvalue weighted by molar-refractivity contribution is -0.384. The van der Waals surface area contributed by atoms with E-state index in [0.717, 1.165) is 22.7 Å². The number of hydrogen-bond donors (Lipinski definition) is 0. The number of nitro groups is 1. The second-order valence-electron chi connectivity index (χ2n) is 10.6. The molecule has 3 aromatic rings. The summed E-state index contributed by atoms with van der Waals surface area (Å²) in [5.41, 5.74) is 0.582. The first-order chi connectivity index (χ1) is 20.9. The van der Waals surface area contributed by atoms with Gasteiger partial charge in [-0.25, -0.2) is 5.01 Å². The average Bonchev–Trinajstić information content (AvgIpc) is 3.26. The van der Waals surface area contributed by atoms with Crippen molar-refractivity contribution in [3.8, 4) is 5.75 Å². The molecule has 3 aromatic carbocycles. The van der Waals surface area contributed by atoms with Crippen molar-refractivity contribution in [2.24, 2.45) is 17.8 Å². The molecule has 0 spiro atoms. The molecule has 13 heteroatoms. The van der Waals surface area contributed by atoms with Crippen LogP contribution in [0.3, 0.4) is 0 Å². The lowest BCUT2D eigenvalue weighted by Gasteiger charge is -2.30. The summed E-state index contributed by atoms with van der Waals surface area (Å²) in [6.45, 7) is 2.89. The molecule has 1 aliphatic carbocycles. The molecule has 1 fully saturated rings. The third-order valence-corrected chi connectivity index (χ3v) is 8.90. The maximum absolute atomic E-state index is 13.7. The highest BCUT2D eigenvalue weighted by Crippen LogP contribution is 2.39. The van der Waals surface area contributed by atoms with Gasteiger partial charge in [0.1, 0.15) is 17.2 Å². The van der Waals surface area contributed by atoms with Crippen LogP contribution in [-0.2, 0) is 19.7 Å². The van der Waals surface area contributed by atoms with E-state index < -0.39 is 56.9 Å². The van der Waals surface area contributed by atoms with E-state index in [-0.39, 0.29) is 33.4 Å². The molecule has 0 radical (unpaired) electrons. The van der Waals surface area contributed by atoms with Gasteiger partial charge in [0.25, 0.3) is 23.4 Å². The number of nitrogens with zero attached hydrogens (tertiary/aromatic N) is 3. The largest absolute Gasteiger partial charge is 0.379 e. The molecule has 3 atom stereocenters. The average molecular weight is 618 g/mol. The summed E-state index contributed by atoms with van der Waals surface area (Å²) >= 11 is 0. The van der Waals surface area contributed by atoms with Gasteiger partial charge in [-0.05, 0) is 67.8 Å². The van der Waals surface area contributed by atoms with E-state index in [1.807, 2.05) is 13.0 Å². The van der Waals surface area contributed by atoms with Gasteiger partial charge in [-0.2, -0.15) is 13.4 Å². The molecule has 0 N–H and O–H groups in total. The van der Waals surface area contributed by atoms with E-state index >= 15 is 0 Å². The third kappa shape index (κ3) is 5.86. The lowest BCUT2D eigenvalue weighted by Crippen LogP contribution is -2.52. The van der Waals surface area contributed by atoms with E-state index in [9.17, 15) is 37.7 Å². The Morgan fingerprint density at radius 3 is 2.16 bits per heavy atom. The molecule has 226 valence electrons. The minimum Gasteiger partial charge on any atom is -0.379 e. The van der Waals surface area contributed by atoms with Gasteiger partial charge in [0.2, 0.25) is 0 Å². The Morgan fingerprint density at radius 2 is 1.57 bits per heavy atom. The number of rotatable bonds is 9. The van der Waals surface area contributed by atoms with Gasteiger partial charge >= 0.3 is 10.1 Å². The summed E-state index contributed by atoms with van der Waals surface area (Å²) in [4.78, 5) is 64.5. The van der Waals surface area contributed by atoms with Gasteiger partial charge in [-0.3, -0.25) is 29.3 Å². The molecule has 3 amide bonds. The Bertz CT molecular complexity index is 1780. The van der Waals surface area contributed by atoms with Crippen molar-refractivity contribution in [1.29, 1.82) is 0 Å². The van der Waals surface area contributed by atoms with Crippen molar-refractivity contribution >= 4 is 39.3 Å². The number of hydrazine groups is 1. The maximum Gasteiger partial charge on any atom is 0.339 e. The highest BCUT2D eigenvalue weighted by atomic mass is 32.2. The van der Waals surface area contributed by atoms with Gasteiger partial charge in [0.15, 0.2) is 5.78 Å². The molecule has 1 saturated heterocycles. The van der Waals surface area contributed by atoms with Crippen LogP contribution in [0.5, 0.6) is 5.75 Å². The van der Waals surface area contributed by atoms with E-state index in [1.54, 1.807) is 25.1 Å². The number of carbonyl (C=O) groups is 4. The van der Waals surface area contributed by atoms with Gasteiger partial charge in [-0.1, -0.05) is 36.8 Å². The molecule has 1 aliphatic heterocycles. The summed E-state index contributed by atoms with van der Waals surface area (Å²) in [7, 11) is -4.14. The Labute approximate surface area is 252 Å². The molecule has 5 rings (SSSR count). The standard InChI is InChI=1S/C31H27N3O9S/c1-19-6-16-25(17-7-19)44(41,42)43-24-14-10-21(11-15-24)27(35)18-32(29(36)22-8-12-23(13-9-22)34(39)40)33-30(37)26-5-3-4-20(2)28(26)31(33)38/h3-4,6-17,20,26,28H,5,18H2,1-2H3/t20-,26+,28+/m0/s1. The fourth-order valence-corrected chi connectivity index (χ4v) is 6.21. The predicted molar refractivity (Wildman–Crippen MR) is 156 cm³/mol. The third-order valence-electron chi connectivity index (χ3n) is 7.64. The molecular formula is C31H27N3O9S. The van der Waals surface area contributed by atoms with Gasteiger partial charge in [-0.15, -0.1) is 0 Å². The van der Waals surface area contributed by atoms with Crippen LogP contribution in [0.4, 0.5) is 5.69 Å². The Hall–Kier alpha value is -5.17. The molecule has 2 aliphatic rings. The van der Waals surface area contributed by atoms with Crippen LogP contribution < -0.4 is 4.18 Å². The van der Waals surface area contributed by atoms with Gasteiger partial charge < -0.3 is 4.18 Å². The Morgan fingerprint density at radius 1 is 0.955 bits per heavy atom. The second-order valence-corrected chi connectivity index (χ2v) is 12.2. The second kappa shape index (κ2) is 11.8. The van der Waals surface area contributed by atoms with Crippen molar-refractivity contribution in [2.45, 2.75) is 25.2 Å². The van der Waals surface area contributed by atoms with Crippen LogP contribution in [-0.4, -0.2) is 53.4 Å². The number of carbonyl (C=O) groups excluding carboxylic acids is 4. The molecule has 0 aromatic heterocycles. The van der Waals surface area contributed by atoms with E-state index in [4.69, 9.17) is 4.18 Å². The Kier molecular flexibility index (Phi) is 8.15. The number of allylic oxidation sites excluding steroid dienone is 2. The number of fused-ring (bicyclic) bond motifs is 1. The highest BCUT2D eigenvalue weighted by Gasteiger charge is 2.53. The fourth-order valence-electron chi connectivity index (χ4n) is 5.28. The molecule has 44 heavy (non-hydrogen) atoms. The Balaban J connectivity index is 1.41. The summed E-state index contributed by atoms with van der Waals surface area (Å²) in [6.07, 6.45) is 3.93. The molecule has 0 saturated carbocycles. The maximum atomic E-state index is 13.7. The van der Waals surface area contributed by atoms with Gasteiger partial charge in [0.05, 0.1) is 16.8 Å². The summed E-state index contributed by atoms with van der Waals surface area (Å²) in [6, 6.07) is 15.8. The van der Waals surface area contributed by atoms with Crippen molar-refractivity contribution in [1.82, 2.24) is 10.0 Å². The normalized spacial score (nSPS) is 19.4. The summed E-state index contributed by atoms with van der Waals surface area (Å²) in [5.74, 6) is -4.51. The number of benzene rings is 3. The van der Waals surface area contributed by atoms with Crippen molar-refractivity contribution in [3.05, 3.63) is 112 Å². The van der Waals surface area contributed by atoms with E-state index in [2.05, 4.69) is 0 Å². The van der Waals surface area contributed by atoms with Crippen LogP contribution in [0, 0.1) is 34.8 Å². The zero-order chi connectivity index (χ0) is 31.8. The SMILES string of the molecule is Cc1ccc(S(=O)(=O)Oc2ccc(C(=O)CN(C(=O)c3ccc([N+](=O)[O-])cc3)N3C(=O)[C@@H]4[C@@H](C)C=CC[C@H]4C3=O)cc2)cc1. The van der Waals surface area contributed by atoms with Crippen molar-refractivity contribution in [3.63, 3.8) is 0 Å². The minimum atomic E-state index is -4.14.